The van der Waals surface area contributed by atoms with Gasteiger partial charge in [0, 0.05) is 17.9 Å². The lowest BCUT2D eigenvalue weighted by Crippen LogP contribution is -2.17. The first-order valence-corrected chi connectivity index (χ1v) is 7.74. The van der Waals surface area contributed by atoms with E-state index < -0.39 is 5.92 Å². The molecular formula is C19H22O2. The third-order valence-corrected chi connectivity index (χ3v) is 4.20. The fourth-order valence-electron chi connectivity index (χ4n) is 3.19. The second-order valence-electron chi connectivity index (χ2n) is 5.63. The third kappa shape index (κ3) is 3.08. The summed E-state index contributed by atoms with van der Waals surface area (Å²) in [7, 11) is 0. The van der Waals surface area contributed by atoms with Crippen molar-refractivity contribution in [1.29, 1.82) is 0 Å². The molecule has 0 heterocycles. The summed E-state index contributed by atoms with van der Waals surface area (Å²) in [6.07, 6.45) is 2.99. The van der Waals surface area contributed by atoms with Crippen molar-refractivity contribution in [2.45, 2.75) is 52.4 Å². The van der Waals surface area contributed by atoms with Crippen molar-refractivity contribution in [2.24, 2.45) is 5.92 Å². The van der Waals surface area contributed by atoms with Crippen molar-refractivity contribution in [3.63, 3.8) is 0 Å². The Hall–Kier alpha value is -1.88. The summed E-state index contributed by atoms with van der Waals surface area (Å²) in [6, 6.07) is 5.85. The van der Waals surface area contributed by atoms with Gasteiger partial charge in [0.2, 0.25) is 0 Å². The summed E-state index contributed by atoms with van der Waals surface area (Å²) in [5.74, 6) is 5.50. The van der Waals surface area contributed by atoms with Crippen LogP contribution in [0.3, 0.4) is 0 Å². The van der Waals surface area contributed by atoms with Gasteiger partial charge in [-0.15, -0.1) is 5.92 Å². The molecule has 1 saturated carbocycles. The van der Waals surface area contributed by atoms with Crippen molar-refractivity contribution in [3.05, 3.63) is 34.9 Å². The Kier molecular flexibility index (Phi) is 4.96. The van der Waals surface area contributed by atoms with E-state index in [9.17, 15) is 9.59 Å². The molecule has 0 radical (unpaired) electrons. The number of rotatable bonds is 4. The number of ketones is 2. The van der Waals surface area contributed by atoms with Crippen molar-refractivity contribution in [2.75, 3.05) is 0 Å². The first kappa shape index (κ1) is 15.5. The highest BCUT2D eigenvalue weighted by Gasteiger charge is 2.41. The molecule has 0 bridgehead atoms. The minimum absolute atomic E-state index is 0.0766. The van der Waals surface area contributed by atoms with E-state index in [4.69, 9.17) is 0 Å². The van der Waals surface area contributed by atoms with Crippen LogP contribution in [0.5, 0.6) is 0 Å². The van der Waals surface area contributed by atoms with E-state index in [0.29, 0.717) is 6.42 Å². The number of Topliss-reactive ketones (excluding diaryl/α,β-unsaturated/α-hetero) is 2. The van der Waals surface area contributed by atoms with E-state index in [1.807, 2.05) is 18.2 Å². The van der Waals surface area contributed by atoms with Gasteiger partial charge in [-0.2, -0.15) is 0 Å². The molecule has 2 atom stereocenters. The largest absolute Gasteiger partial charge is 0.298 e. The molecule has 2 rings (SSSR count). The second-order valence-corrected chi connectivity index (χ2v) is 5.63. The average Bonchev–Trinajstić information content (AvgIpc) is 2.74. The van der Waals surface area contributed by atoms with Gasteiger partial charge in [-0.25, -0.2) is 0 Å². The number of aryl methyl sites for hydroxylation is 1. The first-order chi connectivity index (χ1) is 10.1. The maximum atomic E-state index is 12.5. The molecule has 1 aliphatic carbocycles. The van der Waals surface area contributed by atoms with E-state index in [0.717, 1.165) is 36.0 Å². The van der Waals surface area contributed by atoms with Gasteiger partial charge in [-0.3, -0.25) is 9.59 Å². The van der Waals surface area contributed by atoms with Crippen molar-refractivity contribution in [3.8, 4) is 11.8 Å². The zero-order valence-corrected chi connectivity index (χ0v) is 13.0. The molecule has 0 N–H and O–H groups in total. The third-order valence-electron chi connectivity index (χ3n) is 4.20. The monoisotopic (exact) mass is 282 g/mol. The van der Waals surface area contributed by atoms with Crippen LogP contribution in [0.1, 0.15) is 62.6 Å². The van der Waals surface area contributed by atoms with Gasteiger partial charge in [0.1, 0.15) is 11.7 Å². The Morgan fingerprint density at radius 3 is 2.62 bits per heavy atom. The lowest BCUT2D eigenvalue weighted by atomic mass is 9.88. The van der Waals surface area contributed by atoms with Crippen molar-refractivity contribution < 1.29 is 9.59 Å². The van der Waals surface area contributed by atoms with Crippen LogP contribution in [-0.4, -0.2) is 11.6 Å². The Morgan fingerprint density at radius 2 is 2.00 bits per heavy atom. The van der Waals surface area contributed by atoms with Crippen LogP contribution in [0.15, 0.2) is 18.2 Å². The number of benzene rings is 1. The maximum Gasteiger partial charge on any atom is 0.151 e. The Bertz CT molecular complexity index is 616. The normalized spacial score (nSPS) is 21.3. The molecule has 0 aromatic heterocycles. The minimum Gasteiger partial charge on any atom is -0.298 e. The highest BCUT2D eigenvalue weighted by Crippen LogP contribution is 2.36. The standard InChI is InChI=1S/C19H22O2/c1-4-7-13-9-10-16(14(6-3)11-13)18-17(20)12-15(8-5-2)19(18)21/h9-11,15,18H,5-6,8,12H2,1-3H3. The molecule has 1 aromatic rings. The van der Waals surface area contributed by atoms with E-state index >= 15 is 0 Å². The zero-order chi connectivity index (χ0) is 15.4. The summed E-state index contributed by atoms with van der Waals surface area (Å²) < 4.78 is 0. The van der Waals surface area contributed by atoms with Crippen molar-refractivity contribution >= 4 is 11.6 Å². The smallest absolute Gasteiger partial charge is 0.151 e. The van der Waals surface area contributed by atoms with Gasteiger partial charge in [-0.05, 0) is 43.0 Å². The lowest BCUT2D eigenvalue weighted by Gasteiger charge is -2.14. The number of carbonyl (C=O) groups is 2. The fourth-order valence-corrected chi connectivity index (χ4v) is 3.19. The van der Waals surface area contributed by atoms with Crippen LogP contribution >= 0.6 is 0 Å². The van der Waals surface area contributed by atoms with Crippen LogP contribution in [-0.2, 0) is 16.0 Å². The molecule has 2 unspecified atom stereocenters. The molecule has 0 aliphatic heterocycles. The summed E-state index contributed by atoms with van der Waals surface area (Å²) in [6.45, 7) is 5.91. The molecule has 2 heteroatoms. The highest BCUT2D eigenvalue weighted by atomic mass is 16.2. The Labute approximate surface area is 126 Å². The van der Waals surface area contributed by atoms with Gasteiger partial charge in [0.25, 0.3) is 0 Å². The Balaban J connectivity index is 2.38. The molecule has 1 aliphatic rings. The van der Waals surface area contributed by atoms with Gasteiger partial charge in [0.05, 0.1) is 0 Å². The molecule has 1 aromatic carbocycles. The quantitative estimate of drug-likeness (QED) is 0.624. The molecule has 110 valence electrons. The number of hydrogen-bond acceptors (Lipinski definition) is 2. The van der Waals surface area contributed by atoms with Crippen LogP contribution in [0.2, 0.25) is 0 Å². The molecule has 0 amide bonds. The second kappa shape index (κ2) is 6.72. The topological polar surface area (TPSA) is 34.1 Å². The molecular weight excluding hydrogens is 260 g/mol. The fraction of sp³-hybridized carbons (Fsp3) is 0.474. The zero-order valence-electron chi connectivity index (χ0n) is 13.0. The molecule has 0 spiro atoms. The van der Waals surface area contributed by atoms with Crippen LogP contribution in [0.25, 0.3) is 0 Å². The summed E-state index contributed by atoms with van der Waals surface area (Å²) in [4.78, 5) is 24.8. The summed E-state index contributed by atoms with van der Waals surface area (Å²) >= 11 is 0. The average molecular weight is 282 g/mol. The number of carbonyl (C=O) groups excluding carboxylic acids is 2. The van der Waals surface area contributed by atoms with Gasteiger partial charge in [0.15, 0.2) is 5.78 Å². The van der Waals surface area contributed by atoms with Crippen LogP contribution in [0.4, 0.5) is 0 Å². The van der Waals surface area contributed by atoms with E-state index in [1.54, 1.807) is 6.92 Å². The van der Waals surface area contributed by atoms with Crippen LogP contribution in [0, 0.1) is 17.8 Å². The molecule has 21 heavy (non-hydrogen) atoms. The van der Waals surface area contributed by atoms with E-state index in [1.165, 1.54) is 0 Å². The van der Waals surface area contributed by atoms with E-state index in [-0.39, 0.29) is 17.5 Å². The van der Waals surface area contributed by atoms with Gasteiger partial charge < -0.3 is 0 Å². The Morgan fingerprint density at radius 1 is 1.24 bits per heavy atom. The molecule has 1 fully saturated rings. The highest BCUT2D eigenvalue weighted by molar-refractivity contribution is 6.14. The minimum atomic E-state index is -0.542. The first-order valence-electron chi connectivity index (χ1n) is 7.74. The molecule has 2 nitrogen and oxygen atoms in total. The predicted octanol–water partition coefficient (Wildman–Crippen LogP) is 3.66. The molecule has 0 saturated heterocycles. The predicted molar refractivity (Wildman–Crippen MR) is 84.1 cm³/mol. The number of hydrogen-bond donors (Lipinski definition) is 0. The van der Waals surface area contributed by atoms with E-state index in [2.05, 4.69) is 25.7 Å². The van der Waals surface area contributed by atoms with Gasteiger partial charge >= 0.3 is 0 Å². The van der Waals surface area contributed by atoms with Crippen molar-refractivity contribution in [1.82, 2.24) is 0 Å². The summed E-state index contributed by atoms with van der Waals surface area (Å²) in [5.41, 5.74) is 2.91. The van der Waals surface area contributed by atoms with Gasteiger partial charge in [-0.1, -0.05) is 32.3 Å². The van der Waals surface area contributed by atoms with Crippen LogP contribution < -0.4 is 0 Å². The summed E-state index contributed by atoms with van der Waals surface area (Å²) in [5, 5.41) is 0. The maximum absolute atomic E-state index is 12.5. The SMILES string of the molecule is CC#Cc1ccc(C2C(=O)CC(CCC)C2=O)c(CC)c1. The lowest BCUT2D eigenvalue weighted by molar-refractivity contribution is -0.124.